The van der Waals surface area contributed by atoms with Crippen molar-refractivity contribution in [1.29, 1.82) is 0 Å². The zero-order valence-corrected chi connectivity index (χ0v) is 14.4. The van der Waals surface area contributed by atoms with Crippen LogP contribution < -0.4 is 5.32 Å². The van der Waals surface area contributed by atoms with Gasteiger partial charge in [0.25, 0.3) is 5.91 Å². The number of likely N-dealkylation sites (N-methyl/N-ethyl adjacent to an activating group) is 1. The monoisotopic (exact) mass is 327 g/mol. The maximum atomic E-state index is 12.3. The molecule has 2 aromatic rings. The van der Waals surface area contributed by atoms with E-state index in [0.29, 0.717) is 18.2 Å². The van der Waals surface area contributed by atoms with Crippen LogP contribution in [0.25, 0.3) is 0 Å². The number of nitrogens with one attached hydrogen (secondary N) is 1. The van der Waals surface area contributed by atoms with E-state index in [1.54, 1.807) is 6.26 Å². The Morgan fingerprint density at radius 2 is 2.17 bits per heavy atom. The smallest absolute Gasteiger partial charge is 0.251 e. The number of carbonyl (C=O) groups is 1. The Morgan fingerprint density at radius 3 is 2.92 bits per heavy atom. The molecule has 5 nitrogen and oxygen atoms in total. The molecule has 1 N–H and O–H groups in total. The Labute approximate surface area is 143 Å². The first-order valence-corrected chi connectivity index (χ1v) is 8.44. The second-order valence-corrected chi connectivity index (χ2v) is 6.54. The van der Waals surface area contributed by atoms with Gasteiger partial charge < -0.3 is 14.6 Å². The normalized spacial score (nSPS) is 19.3. The zero-order valence-electron chi connectivity index (χ0n) is 14.4. The molecule has 24 heavy (non-hydrogen) atoms. The topological polar surface area (TPSA) is 48.7 Å². The van der Waals surface area contributed by atoms with Crippen molar-refractivity contribution in [3.8, 4) is 0 Å². The lowest BCUT2D eigenvalue weighted by molar-refractivity contribution is 0.0932. The lowest BCUT2D eigenvalue weighted by Crippen LogP contribution is -2.49. The summed E-state index contributed by atoms with van der Waals surface area (Å²) in [5, 5.41) is 2.89. The molecule has 1 aromatic carbocycles. The fourth-order valence-electron chi connectivity index (χ4n) is 3.14. The van der Waals surface area contributed by atoms with Crippen molar-refractivity contribution in [2.45, 2.75) is 26.1 Å². The zero-order chi connectivity index (χ0) is 16.9. The SMILES string of the molecule is C[C@@H]1CN(C)CCN1Cc1cccc(C(=O)NCc2ccco2)c1. The number of carbonyl (C=O) groups excluding carboxylic acids is 1. The van der Waals surface area contributed by atoms with Crippen LogP contribution in [0.15, 0.2) is 47.1 Å². The van der Waals surface area contributed by atoms with Crippen molar-refractivity contribution in [1.82, 2.24) is 15.1 Å². The van der Waals surface area contributed by atoms with E-state index < -0.39 is 0 Å². The lowest BCUT2D eigenvalue weighted by atomic mass is 10.1. The minimum atomic E-state index is -0.0697. The number of nitrogens with zero attached hydrogens (tertiary/aromatic N) is 2. The predicted octanol–water partition coefficient (Wildman–Crippen LogP) is 2.35. The summed E-state index contributed by atoms with van der Waals surface area (Å²) in [7, 11) is 2.16. The molecule has 1 atom stereocenters. The molecule has 0 radical (unpaired) electrons. The van der Waals surface area contributed by atoms with Crippen LogP contribution in [0.2, 0.25) is 0 Å². The average Bonchev–Trinajstić information content (AvgIpc) is 3.09. The van der Waals surface area contributed by atoms with Crippen LogP contribution in [0.4, 0.5) is 0 Å². The van der Waals surface area contributed by atoms with E-state index in [0.717, 1.165) is 31.9 Å². The summed E-state index contributed by atoms with van der Waals surface area (Å²) in [6.45, 7) is 6.79. The number of hydrogen-bond donors (Lipinski definition) is 1. The van der Waals surface area contributed by atoms with Crippen LogP contribution in [-0.4, -0.2) is 48.4 Å². The molecular weight excluding hydrogens is 302 g/mol. The molecule has 1 saturated heterocycles. The summed E-state index contributed by atoms with van der Waals surface area (Å²) >= 11 is 0. The molecular formula is C19H25N3O2. The van der Waals surface area contributed by atoms with Crippen molar-refractivity contribution in [3.05, 3.63) is 59.5 Å². The summed E-state index contributed by atoms with van der Waals surface area (Å²) in [4.78, 5) is 17.2. The summed E-state index contributed by atoms with van der Waals surface area (Å²) in [5.74, 6) is 0.686. The third-order valence-electron chi connectivity index (χ3n) is 4.55. The van der Waals surface area contributed by atoms with Gasteiger partial charge in [-0.3, -0.25) is 9.69 Å². The van der Waals surface area contributed by atoms with Gasteiger partial charge in [-0.2, -0.15) is 0 Å². The Morgan fingerprint density at radius 1 is 1.29 bits per heavy atom. The molecule has 0 unspecified atom stereocenters. The third kappa shape index (κ3) is 4.24. The van der Waals surface area contributed by atoms with Crippen LogP contribution in [0.3, 0.4) is 0 Å². The van der Waals surface area contributed by atoms with Crippen molar-refractivity contribution in [2.75, 3.05) is 26.7 Å². The maximum absolute atomic E-state index is 12.3. The number of amides is 1. The Bertz CT molecular complexity index is 669. The van der Waals surface area contributed by atoms with Crippen LogP contribution in [0.5, 0.6) is 0 Å². The largest absolute Gasteiger partial charge is 0.467 e. The van der Waals surface area contributed by atoms with Gasteiger partial charge in [0.2, 0.25) is 0 Å². The number of benzene rings is 1. The molecule has 1 amide bonds. The van der Waals surface area contributed by atoms with E-state index in [1.165, 1.54) is 5.56 Å². The fraction of sp³-hybridized carbons (Fsp3) is 0.421. The van der Waals surface area contributed by atoms with E-state index in [2.05, 4.69) is 35.2 Å². The van der Waals surface area contributed by atoms with E-state index in [9.17, 15) is 4.79 Å². The third-order valence-corrected chi connectivity index (χ3v) is 4.55. The standard InChI is InChI=1S/C19H25N3O2/c1-15-13-21(2)8-9-22(15)14-16-5-3-6-17(11-16)19(23)20-12-18-7-4-10-24-18/h3-7,10-11,15H,8-9,12-14H2,1-2H3,(H,20,23)/t15-/m1/s1. The van der Waals surface area contributed by atoms with Gasteiger partial charge in [0, 0.05) is 37.8 Å². The Kier molecular flexibility index (Phi) is 5.33. The van der Waals surface area contributed by atoms with Gasteiger partial charge in [-0.1, -0.05) is 12.1 Å². The molecule has 0 aliphatic carbocycles. The molecule has 1 aromatic heterocycles. The van der Waals surface area contributed by atoms with Gasteiger partial charge in [0.05, 0.1) is 12.8 Å². The second-order valence-electron chi connectivity index (χ2n) is 6.54. The van der Waals surface area contributed by atoms with Crippen LogP contribution >= 0.6 is 0 Å². The first-order chi connectivity index (χ1) is 11.6. The minimum absolute atomic E-state index is 0.0697. The summed E-state index contributed by atoms with van der Waals surface area (Å²) in [6.07, 6.45) is 1.61. The molecule has 1 fully saturated rings. The molecule has 3 rings (SSSR count). The fourth-order valence-corrected chi connectivity index (χ4v) is 3.14. The number of piperazine rings is 1. The second kappa shape index (κ2) is 7.64. The average molecular weight is 327 g/mol. The molecule has 5 heteroatoms. The molecule has 1 aliphatic rings. The van der Waals surface area contributed by atoms with E-state index in [4.69, 9.17) is 4.42 Å². The van der Waals surface area contributed by atoms with Crippen molar-refractivity contribution in [2.24, 2.45) is 0 Å². The van der Waals surface area contributed by atoms with Crippen LogP contribution in [0.1, 0.15) is 28.6 Å². The molecule has 128 valence electrons. The molecule has 0 bridgehead atoms. The van der Waals surface area contributed by atoms with Crippen molar-refractivity contribution in [3.63, 3.8) is 0 Å². The van der Waals surface area contributed by atoms with Crippen LogP contribution in [-0.2, 0) is 13.1 Å². The highest BCUT2D eigenvalue weighted by Crippen LogP contribution is 2.14. The minimum Gasteiger partial charge on any atom is -0.467 e. The van der Waals surface area contributed by atoms with E-state index in [-0.39, 0.29) is 5.91 Å². The predicted molar refractivity (Wildman–Crippen MR) is 93.7 cm³/mol. The quantitative estimate of drug-likeness (QED) is 0.916. The Hall–Kier alpha value is -2.11. The Balaban J connectivity index is 1.60. The lowest BCUT2D eigenvalue weighted by Gasteiger charge is -2.38. The molecule has 0 saturated carbocycles. The molecule has 0 spiro atoms. The van der Waals surface area contributed by atoms with Crippen LogP contribution in [0, 0.1) is 0 Å². The van der Waals surface area contributed by atoms with E-state index in [1.807, 2.05) is 30.3 Å². The maximum Gasteiger partial charge on any atom is 0.251 e. The van der Waals surface area contributed by atoms with Gasteiger partial charge in [-0.25, -0.2) is 0 Å². The summed E-state index contributed by atoms with van der Waals surface area (Å²) in [5.41, 5.74) is 1.87. The summed E-state index contributed by atoms with van der Waals surface area (Å²) in [6, 6.07) is 12.1. The number of furan rings is 1. The summed E-state index contributed by atoms with van der Waals surface area (Å²) < 4.78 is 5.24. The van der Waals surface area contributed by atoms with Gasteiger partial charge in [0.1, 0.15) is 5.76 Å². The number of rotatable bonds is 5. The first kappa shape index (κ1) is 16.7. The highest BCUT2D eigenvalue weighted by Gasteiger charge is 2.21. The molecule has 2 heterocycles. The van der Waals surface area contributed by atoms with E-state index >= 15 is 0 Å². The van der Waals surface area contributed by atoms with Gasteiger partial charge in [0.15, 0.2) is 0 Å². The van der Waals surface area contributed by atoms with Crippen molar-refractivity contribution < 1.29 is 9.21 Å². The molecule has 1 aliphatic heterocycles. The van der Waals surface area contributed by atoms with Gasteiger partial charge >= 0.3 is 0 Å². The van der Waals surface area contributed by atoms with Gasteiger partial charge in [-0.15, -0.1) is 0 Å². The number of hydrogen-bond acceptors (Lipinski definition) is 4. The first-order valence-electron chi connectivity index (χ1n) is 8.44. The highest BCUT2D eigenvalue weighted by atomic mass is 16.3. The van der Waals surface area contributed by atoms with Gasteiger partial charge in [-0.05, 0) is 43.8 Å². The highest BCUT2D eigenvalue weighted by molar-refractivity contribution is 5.94. The van der Waals surface area contributed by atoms with Crippen molar-refractivity contribution >= 4 is 5.91 Å².